The third-order valence-electron chi connectivity index (χ3n) is 8.13. The summed E-state index contributed by atoms with van der Waals surface area (Å²) in [5.74, 6) is -4.93. The van der Waals surface area contributed by atoms with Crippen molar-refractivity contribution in [1.82, 2.24) is 31.1 Å². The summed E-state index contributed by atoms with van der Waals surface area (Å²) in [5.41, 5.74) is 0. The van der Waals surface area contributed by atoms with Gasteiger partial charge >= 0.3 is 14.8 Å². The maximum atomic E-state index is 12.6. The number of aliphatic carboxylic acids is 1. The molecule has 306 valence electrons. The van der Waals surface area contributed by atoms with Gasteiger partial charge in [0.05, 0.1) is 12.3 Å². The maximum Gasteiger partial charge on any atom is 0.500 e. The van der Waals surface area contributed by atoms with Crippen LogP contribution in [0.2, 0.25) is 6.04 Å². The van der Waals surface area contributed by atoms with Gasteiger partial charge in [0.25, 0.3) is 0 Å². The fourth-order valence-corrected chi connectivity index (χ4v) is 6.81. The van der Waals surface area contributed by atoms with Crippen LogP contribution in [-0.2, 0) is 46.8 Å². The Bertz CT molecular complexity index is 1140. The molecule has 0 aliphatic carbocycles. The largest absolute Gasteiger partial charge is 0.500 e. The molecule has 0 aromatic heterocycles. The van der Waals surface area contributed by atoms with Crippen molar-refractivity contribution in [2.75, 3.05) is 60.6 Å². The summed E-state index contributed by atoms with van der Waals surface area (Å²) in [6.45, 7) is 2.39. The first-order valence-electron chi connectivity index (χ1n) is 17.7. The molecule has 0 aromatic carbocycles. The molecule has 7 N–H and O–H groups in total. The predicted octanol–water partition coefficient (Wildman–Crippen LogP) is 0.659. The van der Waals surface area contributed by atoms with Crippen molar-refractivity contribution in [1.29, 1.82) is 0 Å². The third-order valence-corrected chi connectivity index (χ3v) is 11.0. The van der Waals surface area contributed by atoms with Crippen LogP contribution in [-0.4, -0.2) is 147 Å². The molecule has 1 atom stereocenters. The molecule has 20 nitrogen and oxygen atoms in total. The van der Waals surface area contributed by atoms with Crippen molar-refractivity contribution in [3.05, 3.63) is 0 Å². The Morgan fingerprint density at radius 3 is 1.40 bits per heavy atom. The highest BCUT2D eigenvalue weighted by Crippen LogP contribution is 2.22. The van der Waals surface area contributed by atoms with Gasteiger partial charge < -0.3 is 34.3 Å². The Balaban J connectivity index is 4.05. The minimum atomic E-state index is -3.19. The minimum absolute atomic E-state index is 0.00569. The number of unbranched alkanes of at least 4 members (excludes halogenated alkanes) is 5. The summed E-state index contributed by atoms with van der Waals surface area (Å²) in [4.78, 5) is 83.1. The number of carboxylic acid groups (broad SMARTS) is 1. The highest BCUT2D eigenvalue weighted by atomic mass is 28.4. The number of hydroxylamine groups is 6. The number of carboxylic acids is 1. The molecule has 0 radical (unpaired) electrons. The molecule has 0 saturated carbocycles. The van der Waals surface area contributed by atoms with Crippen LogP contribution in [0.4, 0.5) is 0 Å². The van der Waals surface area contributed by atoms with E-state index in [4.69, 9.17) is 13.3 Å². The smallest absolute Gasteiger partial charge is 0.481 e. The monoisotopic (exact) mass is 780 g/mol. The predicted molar refractivity (Wildman–Crippen MR) is 188 cm³/mol. The van der Waals surface area contributed by atoms with Gasteiger partial charge in [0.1, 0.15) is 0 Å². The second kappa shape index (κ2) is 28.7. The van der Waals surface area contributed by atoms with E-state index < -0.39 is 50.7 Å². The molecule has 0 aromatic rings. The van der Waals surface area contributed by atoms with Crippen molar-refractivity contribution in [3.63, 3.8) is 0 Å². The molecule has 21 heteroatoms. The van der Waals surface area contributed by atoms with Gasteiger partial charge in [-0.05, 0) is 51.4 Å². The number of nitrogens with zero attached hydrogens (tertiary/aromatic N) is 3. The number of rotatable bonds is 31. The van der Waals surface area contributed by atoms with Crippen molar-refractivity contribution < 1.29 is 67.6 Å². The second-order valence-corrected chi connectivity index (χ2v) is 15.3. The van der Waals surface area contributed by atoms with Gasteiger partial charge in [-0.3, -0.25) is 49.2 Å². The molecular weight excluding hydrogens is 720 g/mol. The van der Waals surface area contributed by atoms with Crippen molar-refractivity contribution in [3.8, 4) is 0 Å². The molecule has 0 fully saturated rings. The van der Waals surface area contributed by atoms with E-state index in [0.29, 0.717) is 79.6 Å². The number of hydrogen-bond acceptors (Lipinski definition) is 13. The summed E-state index contributed by atoms with van der Waals surface area (Å²) in [7, 11) is 0.934. The van der Waals surface area contributed by atoms with Crippen LogP contribution in [0.1, 0.15) is 90.4 Å². The first-order valence-corrected chi connectivity index (χ1v) is 19.7. The van der Waals surface area contributed by atoms with Crippen LogP contribution in [0, 0.1) is 5.92 Å². The molecule has 0 heterocycles. The highest BCUT2D eigenvalue weighted by molar-refractivity contribution is 6.61. The Morgan fingerprint density at radius 2 is 0.981 bits per heavy atom. The lowest BCUT2D eigenvalue weighted by Gasteiger charge is -2.27. The fraction of sp³-hybridized carbons (Fsp3) is 0.781. The molecule has 6 amide bonds. The zero-order chi connectivity index (χ0) is 40.2. The van der Waals surface area contributed by atoms with Gasteiger partial charge in [0.2, 0.25) is 35.4 Å². The van der Waals surface area contributed by atoms with Gasteiger partial charge in [0.15, 0.2) is 0 Å². The van der Waals surface area contributed by atoms with Gasteiger partial charge in [-0.1, -0.05) is 0 Å². The third kappa shape index (κ3) is 23.5. The normalized spacial score (nSPS) is 11.7. The quantitative estimate of drug-likeness (QED) is 0.0221. The minimum Gasteiger partial charge on any atom is -0.481 e. The molecular formula is C32H60N6O14Si. The zero-order valence-electron chi connectivity index (χ0n) is 31.4. The Morgan fingerprint density at radius 1 is 0.585 bits per heavy atom. The van der Waals surface area contributed by atoms with Crippen LogP contribution in [0.25, 0.3) is 0 Å². The molecule has 0 rings (SSSR count). The second-order valence-electron chi connectivity index (χ2n) is 12.3. The lowest BCUT2D eigenvalue weighted by molar-refractivity contribution is -0.166. The molecule has 0 aliphatic rings. The summed E-state index contributed by atoms with van der Waals surface area (Å²) in [5, 5.41) is 48.2. The molecule has 0 saturated heterocycles. The van der Waals surface area contributed by atoms with Crippen molar-refractivity contribution in [2.45, 2.75) is 96.4 Å². The number of carbonyl (C=O) groups is 7. The Labute approximate surface area is 311 Å². The molecule has 0 spiro atoms. The van der Waals surface area contributed by atoms with E-state index in [0.717, 1.165) is 0 Å². The molecule has 53 heavy (non-hydrogen) atoms. The topological polar surface area (TPSA) is 274 Å². The number of nitrogens with one attached hydrogen (secondary N) is 3. The SMILES string of the molecule is CO[Si](CC(CC(=O)O)C(=O)NCCCCCN(O)C(=O)CCC(=O)NCCCCCN(O)C(=O)CCC(=O)NCCCCN(O)C(C)=O)(OC)OC. The summed E-state index contributed by atoms with van der Waals surface area (Å²) >= 11 is 0. The van der Waals surface area contributed by atoms with Crippen LogP contribution in [0.3, 0.4) is 0 Å². The number of carbonyl (C=O) groups excluding carboxylic acids is 6. The van der Waals surface area contributed by atoms with E-state index in [2.05, 4.69) is 16.0 Å². The van der Waals surface area contributed by atoms with Gasteiger partial charge in [-0.25, -0.2) is 15.2 Å². The van der Waals surface area contributed by atoms with E-state index >= 15 is 0 Å². The highest BCUT2D eigenvalue weighted by Gasteiger charge is 2.43. The molecule has 0 aliphatic heterocycles. The number of amides is 6. The van der Waals surface area contributed by atoms with Crippen LogP contribution in [0.15, 0.2) is 0 Å². The standard InChI is InChI=1S/C32H60N6O14Si/c1-25(39)36(47)20-12-9-18-34-28(41)14-16-30(43)37(48)21-10-5-7-17-33-27(40)13-15-29(42)38(49)22-11-6-8-19-35-32(46)26(23-31(44)45)24-53(50-2,51-3)52-4/h26,47-49H,5-24H2,1-4H3,(H,33,40)(H,34,41)(H,35,46)(H,44,45). The fourth-order valence-electron chi connectivity index (χ4n) is 4.88. The van der Waals surface area contributed by atoms with E-state index in [1.807, 2.05) is 0 Å². The lowest BCUT2D eigenvalue weighted by Crippen LogP contribution is -2.47. The first kappa shape index (κ1) is 49.3. The van der Waals surface area contributed by atoms with E-state index in [1.54, 1.807) is 0 Å². The van der Waals surface area contributed by atoms with Crippen molar-refractivity contribution in [2.24, 2.45) is 5.92 Å². The summed E-state index contributed by atoms with van der Waals surface area (Å²) in [6.07, 6.45) is 3.15. The maximum absolute atomic E-state index is 12.6. The van der Waals surface area contributed by atoms with Gasteiger partial charge in [-0.15, -0.1) is 0 Å². The van der Waals surface area contributed by atoms with Crippen LogP contribution < -0.4 is 16.0 Å². The van der Waals surface area contributed by atoms with Gasteiger partial charge in [0, 0.05) is 99.2 Å². The van der Waals surface area contributed by atoms with E-state index in [-0.39, 0.29) is 69.7 Å². The number of hydrogen-bond donors (Lipinski definition) is 7. The van der Waals surface area contributed by atoms with Crippen LogP contribution in [0.5, 0.6) is 0 Å². The van der Waals surface area contributed by atoms with E-state index in [1.165, 1.54) is 28.3 Å². The Kier molecular flexibility index (Phi) is 26.7. The van der Waals surface area contributed by atoms with Crippen molar-refractivity contribution >= 4 is 50.2 Å². The molecule has 0 bridgehead atoms. The first-order chi connectivity index (χ1) is 25.1. The average molecular weight is 781 g/mol. The zero-order valence-corrected chi connectivity index (χ0v) is 32.4. The lowest BCUT2D eigenvalue weighted by atomic mass is 10.1. The Hall–Kier alpha value is -3.73. The van der Waals surface area contributed by atoms with Gasteiger partial charge in [-0.2, -0.15) is 0 Å². The molecule has 1 unspecified atom stereocenters. The van der Waals surface area contributed by atoms with Crippen LogP contribution >= 0.6 is 0 Å². The average Bonchev–Trinajstić information content (AvgIpc) is 3.13. The van der Waals surface area contributed by atoms with E-state index in [9.17, 15) is 54.3 Å². The summed E-state index contributed by atoms with van der Waals surface area (Å²) < 4.78 is 15.9. The summed E-state index contributed by atoms with van der Waals surface area (Å²) in [6, 6.07) is -0.00569.